The molecule has 3 rings (SSSR count). The number of aliphatic carboxylic acids is 1. The quantitative estimate of drug-likeness (QED) is 0.806. The topological polar surface area (TPSA) is 54.6 Å². The lowest BCUT2D eigenvalue weighted by Crippen LogP contribution is -2.06. The average Bonchev–Trinajstić information content (AvgIpc) is 2.78. The predicted molar refractivity (Wildman–Crippen MR) is 75.7 cm³/mol. The fourth-order valence-electron chi connectivity index (χ4n) is 2.38. The van der Waals surface area contributed by atoms with Gasteiger partial charge in [0.05, 0.1) is 17.8 Å². The van der Waals surface area contributed by atoms with Crippen LogP contribution < -0.4 is 0 Å². The SMILES string of the molecule is O=C(O)Cc1c(Cc2ccc(F)cc2)nc2ccc(F)cn12. The maximum absolute atomic E-state index is 13.4. The maximum atomic E-state index is 13.4. The Morgan fingerprint density at radius 3 is 2.45 bits per heavy atom. The van der Waals surface area contributed by atoms with Crippen LogP contribution in [0.5, 0.6) is 0 Å². The first-order valence-corrected chi connectivity index (χ1v) is 6.64. The van der Waals surface area contributed by atoms with Crippen molar-refractivity contribution in [1.82, 2.24) is 9.38 Å². The Labute approximate surface area is 124 Å². The van der Waals surface area contributed by atoms with E-state index in [1.165, 1.54) is 34.9 Å². The van der Waals surface area contributed by atoms with E-state index in [1.54, 1.807) is 12.1 Å². The van der Waals surface area contributed by atoms with Crippen LogP contribution in [0, 0.1) is 11.6 Å². The van der Waals surface area contributed by atoms with Gasteiger partial charge in [0.25, 0.3) is 0 Å². The smallest absolute Gasteiger partial charge is 0.309 e. The molecular weight excluding hydrogens is 290 g/mol. The second-order valence-electron chi connectivity index (χ2n) is 4.95. The minimum Gasteiger partial charge on any atom is -0.481 e. The normalized spacial score (nSPS) is 11.0. The molecule has 0 saturated carbocycles. The van der Waals surface area contributed by atoms with Gasteiger partial charge in [0.15, 0.2) is 0 Å². The molecule has 1 aromatic carbocycles. The van der Waals surface area contributed by atoms with Crippen LogP contribution >= 0.6 is 0 Å². The Kier molecular flexibility index (Phi) is 3.58. The number of imidazole rings is 1. The van der Waals surface area contributed by atoms with Crippen molar-refractivity contribution in [3.63, 3.8) is 0 Å². The second-order valence-corrected chi connectivity index (χ2v) is 4.95. The third-order valence-corrected chi connectivity index (χ3v) is 3.37. The maximum Gasteiger partial charge on any atom is 0.309 e. The summed E-state index contributed by atoms with van der Waals surface area (Å²) in [5.74, 6) is -1.83. The highest BCUT2D eigenvalue weighted by Crippen LogP contribution is 2.18. The molecule has 2 aromatic heterocycles. The number of benzene rings is 1. The molecule has 0 aliphatic heterocycles. The number of aromatic nitrogens is 2. The van der Waals surface area contributed by atoms with Crippen molar-refractivity contribution in [2.45, 2.75) is 12.8 Å². The average molecular weight is 302 g/mol. The van der Waals surface area contributed by atoms with Crippen LogP contribution in [-0.2, 0) is 17.6 Å². The van der Waals surface area contributed by atoms with Crippen LogP contribution in [0.25, 0.3) is 5.65 Å². The minimum absolute atomic E-state index is 0.263. The number of nitrogens with zero attached hydrogens (tertiary/aromatic N) is 2. The van der Waals surface area contributed by atoms with E-state index >= 15 is 0 Å². The van der Waals surface area contributed by atoms with E-state index in [0.717, 1.165) is 5.56 Å². The van der Waals surface area contributed by atoms with Crippen LogP contribution in [0.4, 0.5) is 8.78 Å². The Balaban J connectivity index is 2.07. The van der Waals surface area contributed by atoms with E-state index in [1.807, 2.05) is 0 Å². The molecule has 4 nitrogen and oxygen atoms in total. The number of halogens is 2. The first-order chi connectivity index (χ1) is 10.5. The molecule has 0 radical (unpaired) electrons. The van der Waals surface area contributed by atoms with E-state index in [9.17, 15) is 13.6 Å². The Hall–Kier alpha value is -2.76. The zero-order chi connectivity index (χ0) is 15.7. The van der Waals surface area contributed by atoms with Crippen LogP contribution in [0.1, 0.15) is 17.0 Å². The first kappa shape index (κ1) is 14.2. The summed E-state index contributed by atoms with van der Waals surface area (Å²) < 4.78 is 27.8. The van der Waals surface area contributed by atoms with Crippen molar-refractivity contribution in [2.24, 2.45) is 0 Å². The Bertz CT molecular complexity index is 841. The number of carboxylic acid groups (broad SMARTS) is 1. The highest BCUT2D eigenvalue weighted by atomic mass is 19.1. The van der Waals surface area contributed by atoms with Gasteiger partial charge in [0, 0.05) is 12.6 Å². The van der Waals surface area contributed by atoms with Crippen LogP contribution in [0.2, 0.25) is 0 Å². The predicted octanol–water partition coefficient (Wildman–Crippen LogP) is 2.83. The molecule has 0 atom stereocenters. The molecule has 0 saturated heterocycles. The van der Waals surface area contributed by atoms with Gasteiger partial charge in [0.2, 0.25) is 0 Å². The number of carbonyl (C=O) groups is 1. The summed E-state index contributed by atoms with van der Waals surface area (Å²) in [6, 6.07) is 8.67. The van der Waals surface area contributed by atoms with Crippen molar-refractivity contribution < 1.29 is 18.7 Å². The van der Waals surface area contributed by atoms with Crippen molar-refractivity contribution in [1.29, 1.82) is 0 Å². The van der Waals surface area contributed by atoms with E-state index in [0.29, 0.717) is 23.5 Å². The summed E-state index contributed by atoms with van der Waals surface area (Å²) in [5.41, 5.74) is 2.25. The number of rotatable bonds is 4. The van der Waals surface area contributed by atoms with Gasteiger partial charge in [-0.15, -0.1) is 0 Å². The van der Waals surface area contributed by atoms with Gasteiger partial charge in [-0.05, 0) is 29.8 Å². The lowest BCUT2D eigenvalue weighted by molar-refractivity contribution is -0.136. The zero-order valence-electron chi connectivity index (χ0n) is 11.5. The number of fused-ring (bicyclic) bond motifs is 1. The van der Waals surface area contributed by atoms with Crippen molar-refractivity contribution >= 4 is 11.6 Å². The van der Waals surface area contributed by atoms with Gasteiger partial charge >= 0.3 is 5.97 Å². The fourth-order valence-corrected chi connectivity index (χ4v) is 2.38. The van der Waals surface area contributed by atoms with Crippen molar-refractivity contribution in [3.05, 3.63) is 71.2 Å². The number of pyridine rings is 1. The van der Waals surface area contributed by atoms with Crippen molar-refractivity contribution in [3.8, 4) is 0 Å². The first-order valence-electron chi connectivity index (χ1n) is 6.64. The van der Waals surface area contributed by atoms with Crippen molar-refractivity contribution in [2.75, 3.05) is 0 Å². The molecule has 2 heterocycles. The lowest BCUT2D eigenvalue weighted by Gasteiger charge is -2.03. The summed E-state index contributed by atoms with van der Waals surface area (Å²) in [5, 5.41) is 9.06. The van der Waals surface area contributed by atoms with Gasteiger partial charge in [-0.25, -0.2) is 13.8 Å². The number of hydrogen-bond donors (Lipinski definition) is 1. The standard InChI is InChI=1S/C16H12F2N2O2/c17-11-3-1-10(2-4-11)7-13-14(8-16(21)22)20-9-12(18)5-6-15(20)19-13/h1-6,9H,7-8H2,(H,21,22). The Morgan fingerprint density at radius 2 is 1.77 bits per heavy atom. The summed E-state index contributed by atoms with van der Waals surface area (Å²) in [6.07, 6.45) is 1.31. The minimum atomic E-state index is -1.02. The van der Waals surface area contributed by atoms with E-state index < -0.39 is 11.8 Å². The Morgan fingerprint density at radius 1 is 1.09 bits per heavy atom. The number of hydrogen-bond acceptors (Lipinski definition) is 2. The molecule has 6 heteroatoms. The molecule has 1 N–H and O–H groups in total. The molecule has 0 aliphatic carbocycles. The molecule has 112 valence electrons. The summed E-state index contributed by atoms with van der Waals surface area (Å²) >= 11 is 0. The van der Waals surface area contributed by atoms with Gasteiger partial charge in [-0.1, -0.05) is 12.1 Å². The molecule has 0 aliphatic rings. The van der Waals surface area contributed by atoms with Gasteiger partial charge in [-0.3, -0.25) is 4.79 Å². The summed E-state index contributed by atoms with van der Waals surface area (Å²) in [6.45, 7) is 0. The van der Waals surface area contributed by atoms with Gasteiger partial charge in [0.1, 0.15) is 17.3 Å². The fraction of sp³-hybridized carbons (Fsp3) is 0.125. The molecule has 22 heavy (non-hydrogen) atoms. The van der Waals surface area contributed by atoms with E-state index in [-0.39, 0.29) is 12.2 Å². The molecule has 0 fully saturated rings. The number of carboxylic acids is 1. The lowest BCUT2D eigenvalue weighted by atomic mass is 10.1. The largest absolute Gasteiger partial charge is 0.481 e. The summed E-state index contributed by atoms with van der Waals surface area (Å²) in [7, 11) is 0. The van der Waals surface area contributed by atoms with Gasteiger partial charge < -0.3 is 9.51 Å². The molecule has 0 bridgehead atoms. The zero-order valence-corrected chi connectivity index (χ0v) is 11.5. The second kappa shape index (κ2) is 5.55. The highest BCUT2D eigenvalue weighted by molar-refractivity contribution is 5.70. The van der Waals surface area contributed by atoms with E-state index in [2.05, 4.69) is 4.98 Å². The van der Waals surface area contributed by atoms with Crippen LogP contribution in [0.15, 0.2) is 42.6 Å². The van der Waals surface area contributed by atoms with Crippen LogP contribution in [0.3, 0.4) is 0 Å². The monoisotopic (exact) mass is 302 g/mol. The molecule has 0 unspecified atom stereocenters. The molecular formula is C16H12F2N2O2. The summed E-state index contributed by atoms with van der Waals surface area (Å²) in [4.78, 5) is 15.4. The van der Waals surface area contributed by atoms with Crippen LogP contribution in [-0.4, -0.2) is 20.5 Å². The molecule has 0 amide bonds. The van der Waals surface area contributed by atoms with E-state index in [4.69, 9.17) is 5.11 Å². The third kappa shape index (κ3) is 2.81. The van der Waals surface area contributed by atoms with Gasteiger partial charge in [-0.2, -0.15) is 0 Å². The highest BCUT2D eigenvalue weighted by Gasteiger charge is 2.16. The molecule has 3 aromatic rings. The molecule has 0 spiro atoms. The third-order valence-electron chi connectivity index (χ3n) is 3.37.